The molecule has 164 valence electrons. The highest BCUT2D eigenvalue weighted by molar-refractivity contribution is 5.97. The van der Waals surface area contributed by atoms with E-state index in [2.05, 4.69) is 92.8 Å². The zero-order valence-electron chi connectivity index (χ0n) is 21.0. The molecule has 0 aromatic heterocycles. The van der Waals surface area contributed by atoms with E-state index in [1.54, 1.807) is 0 Å². The van der Waals surface area contributed by atoms with Crippen LogP contribution in [0.15, 0.2) is 24.8 Å². The van der Waals surface area contributed by atoms with Crippen LogP contribution in [0.2, 0.25) is 0 Å². The van der Waals surface area contributed by atoms with Gasteiger partial charge in [-0.1, -0.05) is 94.4 Å². The third kappa shape index (κ3) is 6.20. The number of anilines is 1. The van der Waals surface area contributed by atoms with Crippen molar-refractivity contribution in [3.05, 3.63) is 41.5 Å². The highest BCUT2D eigenvalue weighted by atomic mass is 16.2. The van der Waals surface area contributed by atoms with Crippen molar-refractivity contribution in [3.63, 3.8) is 0 Å². The predicted molar refractivity (Wildman–Crippen MR) is 129 cm³/mol. The molecule has 0 fully saturated rings. The van der Waals surface area contributed by atoms with Crippen LogP contribution in [0.5, 0.6) is 0 Å². The maximum absolute atomic E-state index is 13.5. The maximum Gasteiger partial charge on any atom is 0.230 e. The molecular formula is C27H45NO. The summed E-state index contributed by atoms with van der Waals surface area (Å²) in [5.74, 6) is 0.133. The summed E-state index contributed by atoms with van der Waals surface area (Å²) in [5, 5.41) is 0. The van der Waals surface area contributed by atoms with Gasteiger partial charge in [0.2, 0.25) is 5.91 Å². The van der Waals surface area contributed by atoms with Crippen molar-refractivity contribution in [2.45, 2.75) is 105 Å². The van der Waals surface area contributed by atoms with Crippen molar-refractivity contribution in [1.82, 2.24) is 0 Å². The quantitative estimate of drug-likeness (QED) is 0.453. The molecule has 0 heterocycles. The molecule has 0 aliphatic rings. The van der Waals surface area contributed by atoms with E-state index in [9.17, 15) is 4.79 Å². The summed E-state index contributed by atoms with van der Waals surface area (Å²) >= 11 is 0. The average Bonchev–Trinajstić information content (AvgIpc) is 2.55. The van der Waals surface area contributed by atoms with Crippen molar-refractivity contribution >= 4 is 11.6 Å². The lowest BCUT2D eigenvalue weighted by Gasteiger charge is -2.38. The molecule has 0 N–H and O–H groups in total. The van der Waals surface area contributed by atoms with Gasteiger partial charge in [-0.2, -0.15) is 0 Å². The third-order valence-corrected chi connectivity index (χ3v) is 5.52. The Kier molecular flexibility index (Phi) is 7.96. The molecule has 1 aromatic rings. The monoisotopic (exact) mass is 399 g/mol. The molecule has 29 heavy (non-hydrogen) atoms. The summed E-state index contributed by atoms with van der Waals surface area (Å²) in [6.45, 7) is 29.1. The number of carbonyl (C=O) groups is 1. The zero-order valence-corrected chi connectivity index (χ0v) is 21.0. The number of rotatable bonds is 6. The molecule has 0 saturated heterocycles. The first kappa shape index (κ1) is 25.5. The molecule has 0 bridgehead atoms. The van der Waals surface area contributed by atoms with Crippen LogP contribution in [0.4, 0.5) is 5.69 Å². The van der Waals surface area contributed by atoms with Crippen LogP contribution in [0.3, 0.4) is 0 Å². The SMILES string of the molecule is C=CCC(C)C(=O)N(CCC)c1c(C(C)(C)C)cc(C(C)(C)C)cc1C(C)(C)C. The minimum Gasteiger partial charge on any atom is -0.312 e. The van der Waals surface area contributed by atoms with Gasteiger partial charge in [-0.3, -0.25) is 4.79 Å². The average molecular weight is 400 g/mol. The van der Waals surface area contributed by atoms with E-state index in [0.29, 0.717) is 6.42 Å². The molecule has 1 amide bonds. The summed E-state index contributed by atoms with van der Waals surface area (Å²) in [5.41, 5.74) is 4.91. The minimum absolute atomic E-state index is 0.0499. The van der Waals surface area contributed by atoms with E-state index in [-0.39, 0.29) is 28.1 Å². The number of allylic oxidation sites excluding steroid dienone is 1. The number of hydrogen-bond donors (Lipinski definition) is 0. The van der Waals surface area contributed by atoms with Crippen LogP contribution >= 0.6 is 0 Å². The molecule has 2 heteroatoms. The molecule has 0 aliphatic heterocycles. The molecular weight excluding hydrogens is 354 g/mol. The van der Waals surface area contributed by atoms with Crippen molar-refractivity contribution in [3.8, 4) is 0 Å². The van der Waals surface area contributed by atoms with Crippen molar-refractivity contribution in [2.75, 3.05) is 11.4 Å². The smallest absolute Gasteiger partial charge is 0.230 e. The molecule has 1 aromatic carbocycles. The van der Waals surface area contributed by atoms with Gasteiger partial charge in [-0.05, 0) is 45.8 Å². The standard InChI is InChI=1S/C27H45NO/c1-13-15-19(3)24(29)28(16-14-2)23-21(26(7,8)9)17-20(25(4,5)6)18-22(23)27(10,11)12/h13,17-19H,1,14-16H2,2-12H3. The Morgan fingerprint density at radius 3 is 1.72 bits per heavy atom. The highest BCUT2D eigenvalue weighted by Gasteiger charge is 2.34. The first-order valence-electron chi connectivity index (χ1n) is 11.2. The number of benzene rings is 1. The number of nitrogens with zero attached hydrogens (tertiary/aromatic N) is 1. The van der Waals surface area contributed by atoms with E-state index in [4.69, 9.17) is 0 Å². The number of amides is 1. The molecule has 0 radical (unpaired) electrons. The van der Waals surface area contributed by atoms with E-state index in [0.717, 1.165) is 18.7 Å². The lowest BCUT2D eigenvalue weighted by Crippen LogP contribution is -2.39. The first-order valence-corrected chi connectivity index (χ1v) is 11.2. The Morgan fingerprint density at radius 2 is 1.41 bits per heavy atom. The highest BCUT2D eigenvalue weighted by Crippen LogP contribution is 2.43. The van der Waals surface area contributed by atoms with E-state index >= 15 is 0 Å². The summed E-state index contributed by atoms with van der Waals surface area (Å²) < 4.78 is 0. The molecule has 0 saturated carbocycles. The van der Waals surface area contributed by atoms with Crippen LogP contribution in [-0.4, -0.2) is 12.5 Å². The summed E-state index contributed by atoms with van der Waals surface area (Å²) in [4.78, 5) is 15.6. The largest absolute Gasteiger partial charge is 0.312 e. The Balaban J connectivity index is 3.96. The predicted octanol–water partition coefficient (Wildman–Crippen LogP) is 7.53. The summed E-state index contributed by atoms with van der Waals surface area (Å²) in [7, 11) is 0. The molecule has 1 unspecified atom stereocenters. The Labute approximate surface area is 180 Å². The number of hydrogen-bond acceptors (Lipinski definition) is 1. The zero-order chi connectivity index (χ0) is 22.8. The van der Waals surface area contributed by atoms with Gasteiger partial charge in [0.1, 0.15) is 0 Å². The molecule has 1 atom stereocenters. The minimum atomic E-state index is -0.0676. The van der Waals surface area contributed by atoms with Gasteiger partial charge in [-0.15, -0.1) is 6.58 Å². The van der Waals surface area contributed by atoms with Crippen LogP contribution in [0.1, 0.15) is 106 Å². The van der Waals surface area contributed by atoms with Gasteiger partial charge in [-0.25, -0.2) is 0 Å². The fourth-order valence-corrected chi connectivity index (χ4v) is 3.67. The van der Waals surface area contributed by atoms with Crippen LogP contribution < -0.4 is 4.90 Å². The summed E-state index contributed by atoms with van der Waals surface area (Å²) in [6.07, 6.45) is 3.49. The second kappa shape index (κ2) is 9.06. The maximum atomic E-state index is 13.5. The molecule has 1 rings (SSSR count). The topological polar surface area (TPSA) is 20.3 Å². The van der Waals surface area contributed by atoms with Gasteiger partial charge < -0.3 is 4.90 Å². The Morgan fingerprint density at radius 1 is 0.966 bits per heavy atom. The second-order valence-electron chi connectivity index (χ2n) is 11.6. The van der Waals surface area contributed by atoms with E-state index in [1.807, 2.05) is 13.0 Å². The fourth-order valence-electron chi connectivity index (χ4n) is 3.67. The van der Waals surface area contributed by atoms with Gasteiger partial charge >= 0.3 is 0 Å². The molecule has 0 aliphatic carbocycles. The summed E-state index contributed by atoms with van der Waals surface area (Å²) in [6, 6.07) is 4.69. The van der Waals surface area contributed by atoms with Crippen LogP contribution in [-0.2, 0) is 21.0 Å². The van der Waals surface area contributed by atoms with Gasteiger partial charge in [0, 0.05) is 12.5 Å². The molecule has 2 nitrogen and oxygen atoms in total. The Hall–Kier alpha value is -1.57. The van der Waals surface area contributed by atoms with Crippen molar-refractivity contribution < 1.29 is 4.79 Å². The third-order valence-electron chi connectivity index (χ3n) is 5.52. The fraction of sp³-hybridized carbons (Fsp3) is 0.667. The normalized spacial score (nSPS) is 13.9. The van der Waals surface area contributed by atoms with Crippen molar-refractivity contribution in [1.29, 1.82) is 0 Å². The second-order valence-corrected chi connectivity index (χ2v) is 11.6. The van der Waals surface area contributed by atoms with E-state index in [1.165, 1.54) is 16.7 Å². The van der Waals surface area contributed by atoms with Crippen LogP contribution in [0.25, 0.3) is 0 Å². The van der Waals surface area contributed by atoms with Gasteiger partial charge in [0.25, 0.3) is 0 Å². The lowest BCUT2D eigenvalue weighted by atomic mass is 9.73. The van der Waals surface area contributed by atoms with Crippen molar-refractivity contribution in [2.24, 2.45) is 5.92 Å². The van der Waals surface area contributed by atoms with Gasteiger partial charge in [0.05, 0.1) is 5.69 Å². The lowest BCUT2D eigenvalue weighted by molar-refractivity contribution is -0.121. The Bertz CT molecular complexity index is 687. The van der Waals surface area contributed by atoms with Crippen LogP contribution in [0, 0.1) is 5.92 Å². The molecule has 0 spiro atoms. The number of carbonyl (C=O) groups excluding carboxylic acids is 1. The van der Waals surface area contributed by atoms with E-state index < -0.39 is 0 Å². The first-order chi connectivity index (χ1) is 13.1. The van der Waals surface area contributed by atoms with Gasteiger partial charge in [0.15, 0.2) is 0 Å².